The molecular weight excluding hydrogens is 244 g/mol. The van der Waals surface area contributed by atoms with Crippen molar-refractivity contribution in [2.24, 2.45) is 17.6 Å². The molecule has 0 unspecified atom stereocenters. The number of hydrogen-bond donors (Lipinski definition) is 1. The van der Waals surface area contributed by atoms with E-state index >= 15 is 0 Å². The van der Waals surface area contributed by atoms with Crippen LogP contribution < -0.4 is 5.73 Å². The Balaban J connectivity index is 4.82. The van der Waals surface area contributed by atoms with Gasteiger partial charge in [-0.25, -0.2) is 4.79 Å². The van der Waals surface area contributed by atoms with Crippen LogP contribution in [0.2, 0.25) is 0 Å². The summed E-state index contributed by atoms with van der Waals surface area (Å²) in [6.07, 6.45) is 1.18. The number of rotatable bonds is 7. The largest absolute Gasteiger partial charge is 0.467 e. The zero-order valence-electron chi connectivity index (χ0n) is 13.0. The van der Waals surface area contributed by atoms with E-state index in [4.69, 9.17) is 10.5 Å². The van der Waals surface area contributed by atoms with Crippen LogP contribution in [0.3, 0.4) is 0 Å². The third kappa shape index (κ3) is 6.05. The molecule has 1 amide bonds. The van der Waals surface area contributed by atoms with Gasteiger partial charge in [-0.15, -0.1) is 0 Å². The number of nitrogens with two attached hydrogens (primary N) is 1. The molecular formula is C14H28N2O3. The Bertz CT molecular complexity index is 303. The lowest BCUT2D eigenvalue weighted by molar-refractivity contribution is -0.153. The van der Waals surface area contributed by atoms with Gasteiger partial charge in [0.2, 0.25) is 5.91 Å². The van der Waals surface area contributed by atoms with Crippen LogP contribution in [0.25, 0.3) is 0 Å². The minimum absolute atomic E-state index is 0.204. The van der Waals surface area contributed by atoms with E-state index in [1.807, 2.05) is 27.7 Å². The highest BCUT2D eigenvalue weighted by molar-refractivity contribution is 5.87. The average Bonchev–Trinajstić information content (AvgIpc) is 2.32. The second kappa shape index (κ2) is 8.15. The number of methoxy groups -OCH3 is 1. The molecule has 0 aliphatic carbocycles. The first-order valence-corrected chi connectivity index (χ1v) is 6.80. The first kappa shape index (κ1) is 17.9. The quantitative estimate of drug-likeness (QED) is 0.711. The fraction of sp³-hybridized carbons (Fsp3) is 0.857. The van der Waals surface area contributed by atoms with Crippen LogP contribution in [0, 0.1) is 11.8 Å². The maximum atomic E-state index is 12.2. The van der Waals surface area contributed by atoms with E-state index in [9.17, 15) is 9.59 Å². The number of esters is 1. The highest BCUT2D eigenvalue weighted by Crippen LogP contribution is 2.14. The van der Waals surface area contributed by atoms with E-state index in [0.717, 1.165) is 0 Å². The minimum atomic E-state index is -0.565. The molecule has 19 heavy (non-hydrogen) atoms. The van der Waals surface area contributed by atoms with Crippen LogP contribution in [0.15, 0.2) is 0 Å². The van der Waals surface area contributed by atoms with Gasteiger partial charge in [0.15, 0.2) is 0 Å². The molecule has 0 rings (SSSR count). The lowest BCUT2D eigenvalue weighted by Gasteiger charge is -2.29. The van der Waals surface area contributed by atoms with Gasteiger partial charge in [0.1, 0.15) is 6.04 Å². The third-order valence-corrected chi connectivity index (χ3v) is 3.03. The molecule has 0 bridgehead atoms. The lowest BCUT2D eigenvalue weighted by atomic mass is 10.00. The second-order valence-electron chi connectivity index (χ2n) is 5.85. The number of nitrogens with zero attached hydrogens (tertiary/aromatic N) is 1. The summed E-state index contributed by atoms with van der Waals surface area (Å²) < 4.78 is 4.77. The Hall–Kier alpha value is -1.10. The van der Waals surface area contributed by atoms with Gasteiger partial charge < -0.3 is 15.4 Å². The topological polar surface area (TPSA) is 72.6 Å². The molecule has 0 aromatic rings. The normalized spacial score (nSPS) is 14.4. The molecule has 2 atom stereocenters. The number of carbonyl (C=O) groups excluding carboxylic acids is 2. The Morgan fingerprint density at radius 1 is 1.11 bits per heavy atom. The monoisotopic (exact) mass is 272 g/mol. The Morgan fingerprint density at radius 2 is 1.58 bits per heavy atom. The fourth-order valence-corrected chi connectivity index (χ4v) is 2.02. The van der Waals surface area contributed by atoms with Crippen molar-refractivity contribution in [1.29, 1.82) is 0 Å². The summed E-state index contributed by atoms with van der Waals surface area (Å²) in [6, 6.07) is -1.12. The van der Waals surface area contributed by atoms with Crippen LogP contribution in [-0.4, -0.2) is 43.0 Å². The van der Waals surface area contributed by atoms with Crippen molar-refractivity contribution in [3.05, 3.63) is 0 Å². The molecule has 2 N–H and O–H groups in total. The van der Waals surface area contributed by atoms with Gasteiger partial charge in [0.05, 0.1) is 13.2 Å². The van der Waals surface area contributed by atoms with Crippen LogP contribution in [-0.2, 0) is 14.3 Å². The van der Waals surface area contributed by atoms with Gasteiger partial charge in [-0.05, 0) is 24.7 Å². The van der Waals surface area contributed by atoms with Crippen molar-refractivity contribution in [2.75, 3.05) is 14.2 Å². The van der Waals surface area contributed by atoms with Gasteiger partial charge >= 0.3 is 5.97 Å². The van der Waals surface area contributed by atoms with Crippen molar-refractivity contribution >= 4 is 11.9 Å². The van der Waals surface area contributed by atoms with E-state index in [1.165, 1.54) is 12.0 Å². The van der Waals surface area contributed by atoms with Gasteiger partial charge in [-0.3, -0.25) is 4.79 Å². The molecule has 0 aliphatic heterocycles. The predicted molar refractivity (Wildman–Crippen MR) is 75.5 cm³/mol. The molecule has 0 aromatic heterocycles. The summed E-state index contributed by atoms with van der Waals surface area (Å²) in [5.74, 6) is 0.0424. The summed E-state index contributed by atoms with van der Waals surface area (Å²) >= 11 is 0. The Morgan fingerprint density at radius 3 is 1.95 bits per heavy atom. The molecule has 112 valence electrons. The maximum Gasteiger partial charge on any atom is 0.328 e. The summed E-state index contributed by atoms with van der Waals surface area (Å²) in [6.45, 7) is 8.03. The molecule has 0 aliphatic rings. The summed E-state index contributed by atoms with van der Waals surface area (Å²) in [5.41, 5.74) is 5.89. The average molecular weight is 272 g/mol. The standard InChI is InChI=1S/C14H28N2O3/c1-9(2)7-11(15)13(17)16(5)12(8-10(3)4)14(18)19-6/h9-12H,7-8,15H2,1-6H3/t11-,12-/m0/s1. The smallest absolute Gasteiger partial charge is 0.328 e. The zero-order valence-corrected chi connectivity index (χ0v) is 13.0. The first-order chi connectivity index (χ1) is 8.70. The molecule has 5 nitrogen and oxygen atoms in total. The SMILES string of the molecule is COC(=O)[C@H](CC(C)C)N(C)C(=O)[C@@H](N)CC(C)C. The fourth-order valence-electron chi connectivity index (χ4n) is 2.02. The minimum Gasteiger partial charge on any atom is -0.467 e. The van der Waals surface area contributed by atoms with E-state index < -0.39 is 12.1 Å². The lowest BCUT2D eigenvalue weighted by Crippen LogP contribution is -2.50. The van der Waals surface area contributed by atoms with Crippen molar-refractivity contribution in [3.63, 3.8) is 0 Å². The van der Waals surface area contributed by atoms with Crippen molar-refractivity contribution in [2.45, 2.75) is 52.6 Å². The molecule has 0 radical (unpaired) electrons. The zero-order chi connectivity index (χ0) is 15.2. The first-order valence-electron chi connectivity index (χ1n) is 6.80. The van der Waals surface area contributed by atoms with Crippen molar-refractivity contribution < 1.29 is 14.3 Å². The highest BCUT2D eigenvalue weighted by Gasteiger charge is 2.31. The highest BCUT2D eigenvalue weighted by atomic mass is 16.5. The van der Waals surface area contributed by atoms with Crippen molar-refractivity contribution in [3.8, 4) is 0 Å². The van der Waals surface area contributed by atoms with Gasteiger partial charge in [-0.1, -0.05) is 27.7 Å². The molecule has 0 spiro atoms. The van der Waals surface area contributed by atoms with E-state index in [-0.39, 0.29) is 11.9 Å². The number of hydrogen-bond acceptors (Lipinski definition) is 4. The number of carbonyl (C=O) groups is 2. The summed E-state index contributed by atoms with van der Waals surface area (Å²) in [4.78, 5) is 25.4. The van der Waals surface area contributed by atoms with Crippen LogP contribution in [0.4, 0.5) is 0 Å². The van der Waals surface area contributed by atoms with Gasteiger partial charge in [-0.2, -0.15) is 0 Å². The number of ether oxygens (including phenoxy) is 1. The molecule has 0 fully saturated rings. The van der Waals surface area contributed by atoms with Crippen LogP contribution in [0.1, 0.15) is 40.5 Å². The van der Waals surface area contributed by atoms with E-state index in [2.05, 4.69) is 0 Å². The van der Waals surface area contributed by atoms with Crippen LogP contribution >= 0.6 is 0 Å². The summed E-state index contributed by atoms with van der Waals surface area (Å²) in [5, 5.41) is 0. The molecule has 5 heteroatoms. The predicted octanol–water partition coefficient (Wildman–Crippen LogP) is 1.41. The Labute approximate surface area is 116 Å². The third-order valence-electron chi connectivity index (χ3n) is 3.03. The van der Waals surface area contributed by atoms with Gasteiger partial charge in [0.25, 0.3) is 0 Å². The van der Waals surface area contributed by atoms with E-state index in [1.54, 1.807) is 7.05 Å². The maximum absolute atomic E-state index is 12.2. The number of likely N-dealkylation sites (N-methyl/N-ethyl adjacent to an activating group) is 1. The second-order valence-corrected chi connectivity index (χ2v) is 5.85. The van der Waals surface area contributed by atoms with E-state index in [0.29, 0.717) is 24.7 Å². The number of amides is 1. The molecule has 0 saturated carbocycles. The van der Waals surface area contributed by atoms with Crippen LogP contribution in [0.5, 0.6) is 0 Å². The molecule has 0 aromatic carbocycles. The van der Waals surface area contributed by atoms with Gasteiger partial charge in [0, 0.05) is 7.05 Å². The summed E-state index contributed by atoms with van der Waals surface area (Å²) in [7, 11) is 2.95. The molecule has 0 saturated heterocycles. The molecule has 0 heterocycles. The Kier molecular flexibility index (Phi) is 7.68. The van der Waals surface area contributed by atoms with Crippen molar-refractivity contribution in [1.82, 2.24) is 4.90 Å².